The van der Waals surface area contributed by atoms with Crippen molar-refractivity contribution in [2.75, 3.05) is 23.1 Å². The molecule has 5 nitrogen and oxygen atoms in total. The number of nitrogens with two attached hydrogens (primary N) is 1. The predicted molar refractivity (Wildman–Crippen MR) is 89.4 cm³/mol. The molecular weight excluding hydrogens is 308 g/mol. The lowest BCUT2D eigenvalue weighted by Crippen LogP contribution is -2.43. The number of carbonyl (C=O) groups is 1. The number of nitrogens with one attached hydrogen (secondary N) is 1. The third-order valence-corrected chi connectivity index (χ3v) is 6.46. The number of benzene rings is 1. The average Bonchev–Trinajstić information content (AvgIpc) is 2.38. The third kappa shape index (κ3) is 4.38. The van der Waals surface area contributed by atoms with Gasteiger partial charge in [0, 0.05) is 11.2 Å². The minimum absolute atomic E-state index is 0.411. The van der Waals surface area contributed by atoms with Crippen LogP contribution in [0.3, 0.4) is 0 Å². The molecule has 3 N–H and O–H groups in total. The molecule has 0 bridgehead atoms. The van der Waals surface area contributed by atoms with Gasteiger partial charge in [-0.1, -0.05) is 6.92 Å². The molecule has 7 heteroatoms. The molecule has 0 atom stereocenters. The Morgan fingerprint density at radius 2 is 2.00 bits per heavy atom. The van der Waals surface area contributed by atoms with E-state index >= 15 is 0 Å². The Morgan fingerprint density at radius 3 is 2.52 bits per heavy atom. The number of amides is 1. The van der Waals surface area contributed by atoms with Gasteiger partial charge < -0.3 is 11.1 Å². The Hall–Kier alpha value is -1.21. The number of hydrogen-bond acceptors (Lipinski definition) is 5. The Morgan fingerprint density at radius 1 is 1.38 bits per heavy atom. The van der Waals surface area contributed by atoms with E-state index in [0.29, 0.717) is 11.4 Å². The molecule has 0 saturated carbocycles. The van der Waals surface area contributed by atoms with Crippen molar-refractivity contribution in [2.24, 2.45) is 0 Å². The minimum atomic E-state index is -3.52. The molecule has 0 saturated heterocycles. The van der Waals surface area contributed by atoms with Gasteiger partial charge in [-0.25, -0.2) is 8.42 Å². The first kappa shape index (κ1) is 17.8. The summed E-state index contributed by atoms with van der Waals surface area (Å²) in [5.74, 6) is 0.376. The van der Waals surface area contributed by atoms with Crippen LogP contribution in [0.25, 0.3) is 0 Å². The summed E-state index contributed by atoms with van der Waals surface area (Å²) in [6.45, 7) is 4.84. The fourth-order valence-corrected chi connectivity index (χ4v) is 2.59. The third-order valence-electron chi connectivity index (χ3n) is 3.22. The summed E-state index contributed by atoms with van der Waals surface area (Å²) in [4.78, 5) is 13.2. The summed E-state index contributed by atoms with van der Waals surface area (Å²) < 4.78 is 21.9. The average molecular weight is 330 g/mol. The lowest BCUT2D eigenvalue weighted by molar-refractivity contribution is -0.117. The van der Waals surface area contributed by atoms with Crippen molar-refractivity contribution < 1.29 is 13.2 Å². The van der Waals surface area contributed by atoms with Crippen LogP contribution in [-0.4, -0.2) is 31.1 Å². The van der Waals surface area contributed by atoms with E-state index < -0.39 is 20.5 Å². The zero-order valence-corrected chi connectivity index (χ0v) is 14.4. The number of carbonyl (C=O) groups excluding carboxylic acids is 1. The molecule has 1 aromatic rings. The molecular formula is C14H22N2O3S2. The number of hydrogen-bond donors (Lipinski definition) is 2. The maximum atomic E-state index is 12.2. The molecule has 1 rings (SSSR count). The van der Waals surface area contributed by atoms with Gasteiger partial charge in [-0.3, -0.25) is 4.79 Å². The Bertz CT molecular complexity index is 625. The van der Waals surface area contributed by atoms with E-state index in [4.69, 9.17) is 5.73 Å². The van der Waals surface area contributed by atoms with Crippen LogP contribution in [0.15, 0.2) is 23.1 Å². The van der Waals surface area contributed by atoms with Gasteiger partial charge in [0.15, 0.2) is 9.84 Å². The summed E-state index contributed by atoms with van der Waals surface area (Å²) in [6, 6.07) is 5.36. The van der Waals surface area contributed by atoms with Crippen LogP contribution in [0.2, 0.25) is 0 Å². The molecule has 0 aliphatic carbocycles. The van der Waals surface area contributed by atoms with E-state index in [1.807, 2.05) is 6.07 Å². The molecule has 0 unspecified atom stereocenters. The van der Waals surface area contributed by atoms with Crippen molar-refractivity contribution in [1.29, 1.82) is 0 Å². The summed E-state index contributed by atoms with van der Waals surface area (Å²) in [6.07, 6.45) is 2.08. The van der Waals surface area contributed by atoms with E-state index in [1.165, 1.54) is 13.8 Å². The highest BCUT2D eigenvalue weighted by molar-refractivity contribution is 7.99. The highest BCUT2D eigenvalue weighted by atomic mass is 32.2. The van der Waals surface area contributed by atoms with Gasteiger partial charge in [0.2, 0.25) is 5.91 Å². The van der Waals surface area contributed by atoms with Crippen LogP contribution in [0.4, 0.5) is 11.4 Å². The Balaban J connectivity index is 2.99. The number of nitrogen functional groups attached to an aromatic ring is 1. The number of sulfone groups is 1. The molecule has 118 valence electrons. The van der Waals surface area contributed by atoms with Crippen molar-refractivity contribution in [3.8, 4) is 0 Å². The standard InChI is InChI=1S/C14H22N2O3S2/c1-5-8-20-10-6-7-11(15)12(9-10)16-13(17)14(2,3)21(4,18)19/h6-7,9H,5,8,15H2,1-4H3,(H,16,17). The molecule has 0 aliphatic heterocycles. The zero-order chi connectivity index (χ0) is 16.3. The quantitative estimate of drug-likeness (QED) is 0.618. The maximum Gasteiger partial charge on any atom is 0.245 e. The molecule has 0 heterocycles. The van der Waals surface area contributed by atoms with Crippen LogP contribution in [0.5, 0.6) is 0 Å². The smallest absolute Gasteiger partial charge is 0.245 e. The van der Waals surface area contributed by atoms with Gasteiger partial charge in [0.1, 0.15) is 4.75 Å². The van der Waals surface area contributed by atoms with Gasteiger partial charge in [-0.15, -0.1) is 11.8 Å². The van der Waals surface area contributed by atoms with Gasteiger partial charge in [-0.2, -0.15) is 0 Å². The molecule has 1 amide bonds. The molecule has 0 spiro atoms. The molecule has 0 aromatic heterocycles. The predicted octanol–water partition coefficient (Wildman–Crippen LogP) is 2.53. The van der Waals surface area contributed by atoms with E-state index in [9.17, 15) is 13.2 Å². The lowest BCUT2D eigenvalue weighted by atomic mass is 10.2. The Labute approximate surface area is 130 Å². The second-order valence-corrected chi connectivity index (χ2v) is 9.07. The maximum absolute atomic E-state index is 12.2. The number of rotatable bonds is 6. The number of thioether (sulfide) groups is 1. The van der Waals surface area contributed by atoms with Crippen molar-refractivity contribution in [1.82, 2.24) is 0 Å². The molecule has 0 fully saturated rings. The van der Waals surface area contributed by atoms with E-state index in [0.717, 1.165) is 23.3 Å². The molecule has 0 aliphatic rings. The van der Waals surface area contributed by atoms with E-state index in [1.54, 1.807) is 23.9 Å². The summed E-state index contributed by atoms with van der Waals surface area (Å²) in [5, 5.41) is 2.62. The Kier molecular flexibility index (Phi) is 5.69. The zero-order valence-electron chi connectivity index (χ0n) is 12.8. The van der Waals surface area contributed by atoms with Crippen LogP contribution in [0, 0.1) is 0 Å². The highest BCUT2D eigenvalue weighted by Crippen LogP contribution is 2.28. The molecule has 1 aromatic carbocycles. The first-order valence-corrected chi connectivity index (χ1v) is 9.50. The highest BCUT2D eigenvalue weighted by Gasteiger charge is 2.38. The molecule has 0 radical (unpaired) electrons. The van der Waals surface area contributed by atoms with Crippen LogP contribution in [-0.2, 0) is 14.6 Å². The minimum Gasteiger partial charge on any atom is -0.397 e. The topological polar surface area (TPSA) is 89.3 Å². The van der Waals surface area contributed by atoms with Gasteiger partial charge in [0.05, 0.1) is 11.4 Å². The summed E-state index contributed by atoms with van der Waals surface area (Å²) in [7, 11) is -3.52. The monoisotopic (exact) mass is 330 g/mol. The van der Waals surface area contributed by atoms with Gasteiger partial charge in [0.25, 0.3) is 0 Å². The van der Waals surface area contributed by atoms with Crippen LogP contribution < -0.4 is 11.1 Å². The van der Waals surface area contributed by atoms with Crippen molar-refractivity contribution in [3.63, 3.8) is 0 Å². The largest absolute Gasteiger partial charge is 0.397 e. The van der Waals surface area contributed by atoms with Crippen molar-refractivity contribution in [2.45, 2.75) is 36.8 Å². The second kappa shape index (κ2) is 6.70. The van der Waals surface area contributed by atoms with Crippen molar-refractivity contribution in [3.05, 3.63) is 18.2 Å². The first-order valence-electron chi connectivity index (χ1n) is 6.63. The summed E-state index contributed by atoms with van der Waals surface area (Å²) >= 11 is 1.66. The lowest BCUT2D eigenvalue weighted by Gasteiger charge is -2.22. The van der Waals surface area contributed by atoms with Crippen LogP contribution in [0.1, 0.15) is 27.2 Å². The fourth-order valence-electron chi connectivity index (χ4n) is 1.39. The second-order valence-electron chi connectivity index (χ2n) is 5.33. The van der Waals surface area contributed by atoms with Crippen molar-refractivity contribution >= 4 is 38.9 Å². The van der Waals surface area contributed by atoms with E-state index in [-0.39, 0.29) is 0 Å². The van der Waals surface area contributed by atoms with Gasteiger partial charge >= 0.3 is 0 Å². The van der Waals surface area contributed by atoms with Gasteiger partial charge in [-0.05, 0) is 44.2 Å². The van der Waals surface area contributed by atoms with Crippen LogP contribution >= 0.6 is 11.8 Å². The SMILES string of the molecule is CCCSc1ccc(N)c(NC(=O)C(C)(C)S(C)(=O)=O)c1. The summed E-state index contributed by atoms with van der Waals surface area (Å²) in [5.41, 5.74) is 6.70. The van der Waals surface area contributed by atoms with E-state index in [2.05, 4.69) is 12.2 Å². The first-order chi connectivity index (χ1) is 9.59. The molecule has 21 heavy (non-hydrogen) atoms. The number of anilines is 2. The fraction of sp³-hybridized carbons (Fsp3) is 0.500. The normalized spacial score (nSPS) is 12.2.